The Morgan fingerprint density at radius 3 is 2.22 bits per heavy atom. The zero-order valence-electron chi connectivity index (χ0n) is 10.4. The number of sulfonamides is 1. The third-order valence-corrected chi connectivity index (χ3v) is 5.25. The van der Waals surface area contributed by atoms with E-state index in [0.29, 0.717) is 10.9 Å². The minimum Gasteiger partial charge on any atom is -0.208 e. The number of rotatable bonds is 3. The second kappa shape index (κ2) is 5.59. The van der Waals surface area contributed by atoms with Crippen molar-refractivity contribution in [2.45, 2.75) is 43.5 Å². The van der Waals surface area contributed by atoms with Crippen LogP contribution in [-0.4, -0.2) is 14.5 Å². The first-order valence-electron chi connectivity index (χ1n) is 6.25. The Bertz CT molecular complexity index is 490. The molecular formula is C13H18ClNO2S. The van der Waals surface area contributed by atoms with E-state index < -0.39 is 10.0 Å². The molecule has 2 rings (SSSR count). The van der Waals surface area contributed by atoms with Crippen LogP contribution in [0, 0.1) is 5.92 Å². The molecule has 0 amide bonds. The molecule has 1 N–H and O–H groups in total. The predicted octanol–water partition coefficient (Wildman–Crippen LogP) is 3.20. The summed E-state index contributed by atoms with van der Waals surface area (Å²) in [5.74, 6) is 0.710. The Hall–Kier alpha value is -0.580. The highest BCUT2D eigenvalue weighted by atomic mass is 35.5. The maximum atomic E-state index is 12.1. The average Bonchev–Trinajstić information content (AvgIpc) is 2.32. The molecule has 1 aliphatic carbocycles. The third kappa shape index (κ3) is 3.46. The molecule has 1 saturated carbocycles. The van der Waals surface area contributed by atoms with E-state index in [4.69, 9.17) is 11.6 Å². The summed E-state index contributed by atoms with van der Waals surface area (Å²) in [4.78, 5) is 0.283. The van der Waals surface area contributed by atoms with Crippen LogP contribution in [-0.2, 0) is 10.0 Å². The Morgan fingerprint density at radius 2 is 1.67 bits per heavy atom. The van der Waals surface area contributed by atoms with Gasteiger partial charge in [-0.05, 0) is 55.9 Å². The van der Waals surface area contributed by atoms with E-state index in [1.807, 2.05) is 0 Å². The maximum absolute atomic E-state index is 12.1. The molecule has 0 heterocycles. The fourth-order valence-corrected chi connectivity index (χ4v) is 3.71. The summed E-state index contributed by atoms with van der Waals surface area (Å²) in [6, 6.07) is 6.34. The molecule has 0 aromatic heterocycles. The van der Waals surface area contributed by atoms with Gasteiger partial charge in [0, 0.05) is 11.1 Å². The quantitative estimate of drug-likeness (QED) is 0.928. The van der Waals surface area contributed by atoms with Crippen LogP contribution < -0.4 is 4.72 Å². The van der Waals surface area contributed by atoms with Crippen molar-refractivity contribution < 1.29 is 8.42 Å². The van der Waals surface area contributed by atoms with Gasteiger partial charge < -0.3 is 0 Å². The van der Waals surface area contributed by atoms with E-state index in [9.17, 15) is 8.42 Å². The topological polar surface area (TPSA) is 46.2 Å². The Kier molecular flexibility index (Phi) is 4.30. The van der Waals surface area contributed by atoms with Gasteiger partial charge in [-0.2, -0.15) is 0 Å². The number of hydrogen-bond acceptors (Lipinski definition) is 2. The molecule has 0 spiro atoms. The van der Waals surface area contributed by atoms with E-state index in [1.54, 1.807) is 12.1 Å². The van der Waals surface area contributed by atoms with Crippen LogP contribution in [0.3, 0.4) is 0 Å². The van der Waals surface area contributed by atoms with Crippen molar-refractivity contribution in [2.75, 3.05) is 0 Å². The normalized spacial score (nSPS) is 25.0. The molecule has 0 radical (unpaired) electrons. The molecular weight excluding hydrogens is 270 g/mol. The summed E-state index contributed by atoms with van der Waals surface area (Å²) < 4.78 is 27.1. The molecule has 18 heavy (non-hydrogen) atoms. The van der Waals surface area contributed by atoms with Crippen LogP contribution in [0.4, 0.5) is 0 Å². The summed E-state index contributed by atoms with van der Waals surface area (Å²) in [5, 5.41) is 0.542. The molecule has 1 fully saturated rings. The molecule has 1 aromatic rings. The van der Waals surface area contributed by atoms with Crippen LogP contribution in [0.1, 0.15) is 32.6 Å². The van der Waals surface area contributed by atoms with Crippen molar-refractivity contribution >= 4 is 21.6 Å². The van der Waals surface area contributed by atoms with Crippen molar-refractivity contribution in [1.29, 1.82) is 0 Å². The highest BCUT2D eigenvalue weighted by Gasteiger charge is 2.23. The van der Waals surface area contributed by atoms with E-state index in [-0.39, 0.29) is 10.9 Å². The third-order valence-electron chi connectivity index (χ3n) is 3.46. The summed E-state index contributed by atoms with van der Waals surface area (Å²) in [7, 11) is -3.40. The zero-order chi connectivity index (χ0) is 13.2. The highest BCUT2D eigenvalue weighted by molar-refractivity contribution is 7.89. The van der Waals surface area contributed by atoms with E-state index in [0.717, 1.165) is 25.7 Å². The van der Waals surface area contributed by atoms with Gasteiger partial charge in [0.25, 0.3) is 0 Å². The molecule has 0 unspecified atom stereocenters. The Morgan fingerprint density at radius 1 is 1.11 bits per heavy atom. The van der Waals surface area contributed by atoms with Crippen LogP contribution in [0.15, 0.2) is 29.2 Å². The van der Waals surface area contributed by atoms with Crippen molar-refractivity contribution in [3.8, 4) is 0 Å². The number of hydrogen-bond donors (Lipinski definition) is 1. The predicted molar refractivity (Wildman–Crippen MR) is 73.2 cm³/mol. The summed E-state index contributed by atoms with van der Waals surface area (Å²) in [5.41, 5.74) is 0. The number of halogens is 1. The van der Waals surface area contributed by atoms with E-state index in [2.05, 4.69) is 11.6 Å². The molecule has 0 saturated heterocycles. The van der Waals surface area contributed by atoms with E-state index in [1.165, 1.54) is 12.1 Å². The van der Waals surface area contributed by atoms with Crippen molar-refractivity contribution in [3.05, 3.63) is 29.3 Å². The molecule has 1 aliphatic rings. The van der Waals surface area contributed by atoms with Gasteiger partial charge in [0.1, 0.15) is 0 Å². The fraction of sp³-hybridized carbons (Fsp3) is 0.538. The van der Waals surface area contributed by atoms with Crippen molar-refractivity contribution in [2.24, 2.45) is 5.92 Å². The lowest BCUT2D eigenvalue weighted by atomic mass is 9.88. The standard InChI is InChI=1S/C13H18ClNO2S/c1-10-2-6-12(7-3-10)15-18(16,17)13-8-4-11(14)5-9-13/h4-5,8-10,12,15H,2-3,6-7H2,1H3. The van der Waals surface area contributed by atoms with Gasteiger partial charge in [-0.25, -0.2) is 13.1 Å². The Labute approximate surface area is 114 Å². The summed E-state index contributed by atoms with van der Waals surface area (Å²) in [6.07, 6.45) is 4.03. The molecule has 1 aromatic carbocycles. The van der Waals surface area contributed by atoms with Crippen molar-refractivity contribution in [3.63, 3.8) is 0 Å². The van der Waals surface area contributed by atoms with Gasteiger partial charge in [0.2, 0.25) is 10.0 Å². The average molecular weight is 288 g/mol. The van der Waals surface area contributed by atoms with Gasteiger partial charge in [-0.3, -0.25) is 0 Å². The first-order valence-corrected chi connectivity index (χ1v) is 8.11. The van der Waals surface area contributed by atoms with Gasteiger partial charge in [0.05, 0.1) is 4.90 Å². The van der Waals surface area contributed by atoms with Crippen LogP contribution in [0.5, 0.6) is 0 Å². The zero-order valence-corrected chi connectivity index (χ0v) is 12.0. The SMILES string of the molecule is CC1CCC(NS(=O)(=O)c2ccc(Cl)cc2)CC1. The fourth-order valence-electron chi connectivity index (χ4n) is 2.28. The monoisotopic (exact) mass is 287 g/mol. The first-order chi connectivity index (χ1) is 8.47. The van der Waals surface area contributed by atoms with Crippen molar-refractivity contribution in [1.82, 2.24) is 4.72 Å². The van der Waals surface area contributed by atoms with Gasteiger partial charge >= 0.3 is 0 Å². The van der Waals surface area contributed by atoms with Crippen LogP contribution >= 0.6 is 11.6 Å². The lowest BCUT2D eigenvalue weighted by Gasteiger charge is -2.26. The van der Waals surface area contributed by atoms with Gasteiger partial charge in [0.15, 0.2) is 0 Å². The van der Waals surface area contributed by atoms with Crippen LogP contribution in [0.25, 0.3) is 0 Å². The summed E-state index contributed by atoms with van der Waals surface area (Å²) >= 11 is 5.75. The molecule has 100 valence electrons. The second-order valence-corrected chi connectivity index (χ2v) is 7.18. The van der Waals surface area contributed by atoms with Gasteiger partial charge in [-0.1, -0.05) is 18.5 Å². The number of benzene rings is 1. The van der Waals surface area contributed by atoms with Gasteiger partial charge in [-0.15, -0.1) is 0 Å². The lowest BCUT2D eigenvalue weighted by Crippen LogP contribution is -2.37. The first kappa shape index (κ1) is 13.8. The maximum Gasteiger partial charge on any atom is 0.240 e. The second-order valence-electron chi connectivity index (χ2n) is 5.03. The number of nitrogens with one attached hydrogen (secondary N) is 1. The highest BCUT2D eigenvalue weighted by Crippen LogP contribution is 2.25. The summed E-state index contributed by atoms with van der Waals surface area (Å²) in [6.45, 7) is 2.21. The molecule has 0 aliphatic heterocycles. The molecule has 3 nitrogen and oxygen atoms in total. The molecule has 0 atom stereocenters. The largest absolute Gasteiger partial charge is 0.240 e. The molecule has 0 bridgehead atoms. The minimum atomic E-state index is -3.40. The minimum absolute atomic E-state index is 0.0712. The Balaban J connectivity index is 2.05. The van der Waals surface area contributed by atoms with E-state index >= 15 is 0 Å². The molecule has 5 heteroatoms. The lowest BCUT2D eigenvalue weighted by molar-refractivity contribution is 0.332. The van der Waals surface area contributed by atoms with Crippen LogP contribution in [0.2, 0.25) is 5.02 Å². The smallest absolute Gasteiger partial charge is 0.208 e.